The van der Waals surface area contributed by atoms with Gasteiger partial charge in [0, 0.05) is 10.5 Å². The Morgan fingerprint density at radius 1 is 1.00 bits per heavy atom. The van der Waals surface area contributed by atoms with Gasteiger partial charge in [-0.15, -0.1) is 11.8 Å². The molecule has 0 saturated carbocycles. The Hall–Kier alpha value is -1.68. The molecule has 18 heavy (non-hydrogen) atoms. The third-order valence-electron chi connectivity index (χ3n) is 2.33. The van der Waals surface area contributed by atoms with E-state index in [0.29, 0.717) is 10.5 Å². The van der Waals surface area contributed by atoms with Crippen LogP contribution in [0.2, 0.25) is 0 Å². The van der Waals surface area contributed by atoms with Crippen LogP contribution in [0.15, 0.2) is 53.4 Å². The molecular weight excluding hydrogens is 254 g/mol. The molecule has 0 radical (unpaired) electrons. The molecule has 0 amide bonds. The van der Waals surface area contributed by atoms with Crippen LogP contribution in [0.5, 0.6) is 0 Å². The van der Waals surface area contributed by atoms with Crippen molar-refractivity contribution < 1.29 is 13.6 Å². The topological polar surface area (TPSA) is 17.1 Å². The SMILES string of the molecule is O=C(CSc1cccc(F)c1)c1ccc(F)cc1. The van der Waals surface area contributed by atoms with Crippen LogP contribution in [-0.4, -0.2) is 11.5 Å². The summed E-state index contributed by atoms with van der Waals surface area (Å²) in [6.45, 7) is 0. The summed E-state index contributed by atoms with van der Waals surface area (Å²) in [6, 6.07) is 11.5. The van der Waals surface area contributed by atoms with E-state index < -0.39 is 0 Å². The molecule has 0 spiro atoms. The number of carbonyl (C=O) groups is 1. The first-order valence-electron chi connectivity index (χ1n) is 5.32. The first kappa shape index (κ1) is 12.8. The first-order chi connectivity index (χ1) is 8.65. The number of ketones is 1. The van der Waals surface area contributed by atoms with Crippen LogP contribution in [0.4, 0.5) is 8.78 Å². The maximum atomic E-state index is 12.9. The van der Waals surface area contributed by atoms with E-state index in [-0.39, 0.29) is 23.2 Å². The summed E-state index contributed by atoms with van der Waals surface area (Å²) in [5, 5.41) is 0. The van der Waals surface area contributed by atoms with Gasteiger partial charge in [-0.3, -0.25) is 4.79 Å². The predicted molar refractivity (Wildman–Crippen MR) is 67.9 cm³/mol. The van der Waals surface area contributed by atoms with Crippen LogP contribution < -0.4 is 0 Å². The molecule has 4 heteroatoms. The fourth-order valence-electron chi connectivity index (χ4n) is 1.42. The smallest absolute Gasteiger partial charge is 0.173 e. The molecular formula is C14H10F2OS. The lowest BCUT2D eigenvalue weighted by Crippen LogP contribution is -2.02. The van der Waals surface area contributed by atoms with Crippen molar-refractivity contribution in [2.24, 2.45) is 0 Å². The lowest BCUT2D eigenvalue weighted by Gasteiger charge is -2.02. The van der Waals surface area contributed by atoms with Gasteiger partial charge < -0.3 is 0 Å². The Labute approximate surface area is 108 Å². The summed E-state index contributed by atoms with van der Waals surface area (Å²) in [4.78, 5) is 12.5. The third kappa shape index (κ3) is 3.40. The highest BCUT2D eigenvalue weighted by Gasteiger charge is 2.07. The van der Waals surface area contributed by atoms with E-state index in [9.17, 15) is 13.6 Å². The highest BCUT2D eigenvalue weighted by molar-refractivity contribution is 8.00. The number of Topliss-reactive ketones (excluding diaryl/α,β-unsaturated/α-hetero) is 1. The summed E-state index contributed by atoms with van der Waals surface area (Å²) in [5.74, 6) is -0.599. The average molecular weight is 264 g/mol. The van der Waals surface area contributed by atoms with E-state index in [1.165, 1.54) is 48.2 Å². The number of halogens is 2. The second-order valence-corrected chi connectivity index (χ2v) is 4.72. The van der Waals surface area contributed by atoms with Gasteiger partial charge in [-0.1, -0.05) is 6.07 Å². The molecule has 0 aliphatic carbocycles. The van der Waals surface area contributed by atoms with E-state index in [4.69, 9.17) is 0 Å². The summed E-state index contributed by atoms with van der Waals surface area (Å²) in [6.07, 6.45) is 0. The van der Waals surface area contributed by atoms with Crippen LogP contribution in [0.1, 0.15) is 10.4 Å². The van der Waals surface area contributed by atoms with Crippen LogP contribution >= 0.6 is 11.8 Å². The van der Waals surface area contributed by atoms with Crippen molar-refractivity contribution in [3.8, 4) is 0 Å². The van der Waals surface area contributed by atoms with Crippen molar-refractivity contribution in [3.05, 3.63) is 65.7 Å². The number of carbonyl (C=O) groups excluding carboxylic acids is 1. The van der Waals surface area contributed by atoms with Gasteiger partial charge in [-0.05, 0) is 42.5 Å². The molecule has 0 aliphatic heterocycles. The minimum atomic E-state index is -0.371. The monoisotopic (exact) mass is 264 g/mol. The van der Waals surface area contributed by atoms with Gasteiger partial charge in [0.15, 0.2) is 5.78 Å². The highest BCUT2D eigenvalue weighted by Crippen LogP contribution is 2.20. The molecule has 0 unspecified atom stereocenters. The van der Waals surface area contributed by atoms with Crippen LogP contribution in [-0.2, 0) is 0 Å². The first-order valence-corrected chi connectivity index (χ1v) is 6.31. The van der Waals surface area contributed by atoms with E-state index in [1.54, 1.807) is 12.1 Å². The van der Waals surface area contributed by atoms with Crippen LogP contribution in [0, 0.1) is 11.6 Å². The molecule has 2 aromatic rings. The zero-order valence-corrected chi connectivity index (χ0v) is 10.2. The number of benzene rings is 2. The predicted octanol–water partition coefficient (Wildman–Crippen LogP) is 3.94. The molecule has 0 fully saturated rings. The van der Waals surface area contributed by atoms with Gasteiger partial charge in [0.25, 0.3) is 0 Å². The van der Waals surface area contributed by atoms with Crippen molar-refractivity contribution >= 4 is 17.5 Å². The molecule has 1 nitrogen and oxygen atoms in total. The molecule has 0 atom stereocenters. The van der Waals surface area contributed by atoms with E-state index in [1.807, 2.05) is 0 Å². The Morgan fingerprint density at radius 2 is 1.72 bits per heavy atom. The minimum absolute atomic E-state index is 0.107. The molecule has 0 aliphatic rings. The Bertz CT molecular complexity index is 552. The standard InChI is InChI=1S/C14H10F2OS/c15-11-6-4-10(5-7-11)14(17)9-18-13-3-1-2-12(16)8-13/h1-8H,9H2. The zero-order chi connectivity index (χ0) is 13.0. The Kier molecular flexibility index (Phi) is 4.10. The number of hydrogen-bond acceptors (Lipinski definition) is 2. The van der Waals surface area contributed by atoms with Crippen molar-refractivity contribution in [3.63, 3.8) is 0 Å². The maximum absolute atomic E-state index is 12.9. The molecule has 0 aromatic heterocycles. The van der Waals surface area contributed by atoms with Gasteiger partial charge in [0.05, 0.1) is 5.75 Å². The highest BCUT2D eigenvalue weighted by atomic mass is 32.2. The second kappa shape index (κ2) is 5.78. The van der Waals surface area contributed by atoms with E-state index >= 15 is 0 Å². The fraction of sp³-hybridized carbons (Fsp3) is 0.0714. The quantitative estimate of drug-likeness (QED) is 0.614. The molecule has 2 aromatic carbocycles. The summed E-state index contributed by atoms with van der Waals surface area (Å²) in [7, 11) is 0. The van der Waals surface area contributed by atoms with E-state index in [2.05, 4.69) is 0 Å². The number of thioether (sulfide) groups is 1. The zero-order valence-electron chi connectivity index (χ0n) is 9.40. The normalized spacial score (nSPS) is 10.3. The van der Waals surface area contributed by atoms with E-state index in [0.717, 1.165) is 0 Å². The lowest BCUT2D eigenvalue weighted by atomic mass is 10.1. The molecule has 0 N–H and O–H groups in total. The van der Waals surface area contributed by atoms with Crippen molar-refractivity contribution in [1.82, 2.24) is 0 Å². The summed E-state index contributed by atoms with van der Waals surface area (Å²) < 4.78 is 25.6. The summed E-state index contributed by atoms with van der Waals surface area (Å²) >= 11 is 1.26. The Balaban J connectivity index is 1.98. The van der Waals surface area contributed by atoms with Crippen molar-refractivity contribution in [2.75, 3.05) is 5.75 Å². The fourth-order valence-corrected chi connectivity index (χ4v) is 2.26. The van der Waals surface area contributed by atoms with Gasteiger partial charge in [0.2, 0.25) is 0 Å². The van der Waals surface area contributed by atoms with Gasteiger partial charge >= 0.3 is 0 Å². The number of rotatable bonds is 4. The minimum Gasteiger partial charge on any atom is -0.293 e. The van der Waals surface area contributed by atoms with Crippen molar-refractivity contribution in [2.45, 2.75) is 4.90 Å². The molecule has 92 valence electrons. The average Bonchev–Trinajstić information content (AvgIpc) is 2.37. The van der Waals surface area contributed by atoms with Crippen molar-refractivity contribution in [1.29, 1.82) is 0 Å². The lowest BCUT2D eigenvalue weighted by molar-refractivity contribution is 0.102. The summed E-state index contributed by atoms with van der Waals surface area (Å²) in [5.41, 5.74) is 0.459. The number of hydrogen-bond donors (Lipinski definition) is 0. The molecule has 0 heterocycles. The maximum Gasteiger partial charge on any atom is 0.173 e. The van der Waals surface area contributed by atoms with Gasteiger partial charge in [-0.25, -0.2) is 8.78 Å². The molecule has 2 rings (SSSR count). The van der Waals surface area contributed by atoms with Crippen LogP contribution in [0.25, 0.3) is 0 Å². The van der Waals surface area contributed by atoms with Crippen LogP contribution in [0.3, 0.4) is 0 Å². The third-order valence-corrected chi connectivity index (χ3v) is 3.33. The second-order valence-electron chi connectivity index (χ2n) is 3.68. The molecule has 0 bridgehead atoms. The molecule has 0 saturated heterocycles. The van der Waals surface area contributed by atoms with Gasteiger partial charge in [0.1, 0.15) is 11.6 Å². The Morgan fingerprint density at radius 3 is 2.39 bits per heavy atom. The largest absolute Gasteiger partial charge is 0.293 e. The van der Waals surface area contributed by atoms with Gasteiger partial charge in [-0.2, -0.15) is 0 Å².